The summed E-state index contributed by atoms with van der Waals surface area (Å²) < 4.78 is 1.44. The molecule has 1 aromatic heterocycles. The number of H-pyrrole nitrogens is 1. The summed E-state index contributed by atoms with van der Waals surface area (Å²) >= 11 is 1.69. The van der Waals surface area contributed by atoms with Crippen molar-refractivity contribution in [2.24, 2.45) is 0 Å². The Balaban J connectivity index is 0.000000183. The van der Waals surface area contributed by atoms with Crippen LogP contribution < -0.4 is 0 Å². The van der Waals surface area contributed by atoms with E-state index in [2.05, 4.69) is 27.5 Å². The van der Waals surface area contributed by atoms with Crippen molar-refractivity contribution < 1.29 is 0 Å². The molecule has 0 unspecified atom stereocenters. The second-order valence-electron chi connectivity index (χ2n) is 2.02. The van der Waals surface area contributed by atoms with Crippen molar-refractivity contribution >= 4 is 22.5 Å². The van der Waals surface area contributed by atoms with E-state index in [-0.39, 0.29) is 0 Å². The Kier molecular flexibility index (Phi) is 9.75. The van der Waals surface area contributed by atoms with Crippen molar-refractivity contribution in [1.29, 1.82) is 0 Å². The number of hydrogen-bond acceptors (Lipinski definition) is 3. The van der Waals surface area contributed by atoms with Crippen LogP contribution >= 0.6 is 0 Å². The molecule has 0 fully saturated rings. The smallest absolute Gasteiger partial charge is 0.135 e. The molecule has 1 rings (SSSR count). The van der Waals surface area contributed by atoms with Crippen LogP contribution in [-0.2, 0) is 0 Å². The first kappa shape index (κ1) is 10.9. The fourth-order valence-corrected chi connectivity index (χ4v) is 1.22. The van der Waals surface area contributed by atoms with E-state index in [1.807, 2.05) is 0 Å². The van der Waals surface area contributed by atoms with Gasteiger partial charge in [0.25, 0.3) is 0 Å². The van der Waals surface area contributed by atoms with Crippen LogP contribution in [0.25, 0.3) is 0 Å². The van der Waals surface area contributed by atoms with Crippen molar-refractivity contribution in [2.75, 3.05) is 0 Å². The third-order valence-electron chi connectivity index (χ3n) is 1.05. The summed E-state index contributed by atoms with van der Waals surface area (Å²) in [5.41, 5.74) is 0. The van der Waals surface area contributed by atoms with E-state index in [4.69, 9.17) is 0 Å². The molecule has 0 aliphatic heterocycles. The van der Waals surface area contributed by atoms with E-state index >= 15 is 0 Å². The van der Waals surface area contributed by atoms with Crippen molar-refractivity contribution in [3.8, 4) is 0 Å². The minimum absolute atomic E-state index is 1.37. The Morgan fingerprint density at radius 1 is 1.45 bits per heavy atom. The Bertz CT molecular complexity index is 110. The second kappa shape index (κ2) is 9.87. The van der Waals surface area contributed by atoms with E-state index in [1.165, 1.54) is 30.0 Å². The fraction of sp³-hybridized carbons (Fsp3) is 0.833. The van der Waals surface area contributed by atoms with Gasteiger partial charge in [0.2, 0.25) is 0 Å². The third-order valence-corrected chi connectivity index (χ3v) is 2.06. The van der Waals surface area contributed by atoms with E-state index in [0.717, 1.165) is 0 Å². The molecule has 1 N–H and O–H groups in total. The zero-order valence-electron chi connectivity index (χ0n) is 6.75. The van der Waals surface area contributed by atoms with Gasteiger partial charge in [-0.25, -0.2) is 5.10 Å². The van der Waals surface area contributed by atoms with Gasteiger partial charge in [-0.2, -0.15) is 0 Å². The molecule has 0 aromatic carbocycles. The van der Waals surface area contributed by atoms with Crippen LogP contribution in [0.5, 0.6) is 0 Å². The van der Waals surface area contributed by atoms with Crippen LogP contribution in [0.2, 0.25) is 4.44 Å². The van der Waals surface area contributed by atoms with Gasteiger partial charge in [0.1, 0.15) is 6.33 Å². The molecule has 0 saturated heterocycles. The maximum Gasteiger partial charge on any atom is 0.135 e. The van der Waals surface area contributed by atoms with E-state index in [1.54, 1.807) is 22.5 Å². The zero-order chi connectivity index (χ0) is 8.36. The average molecular weight is 260 g/mol. The number of hydrogen-bond donors (Lipinski definition) is 1. The summed E-state index contributed by atoms with van der Waals surface area (Å²) in [5, 5.41) is 12.1. The molecule has 61 valence electrons. The molecule has 11 heavy (non-hydrogen) atoms. The molecule has 5 heteroatoms. The molecule has 0 saturated carbocycles. The molecule has 0 bridgehead atoms. The van der Waals surface area contributed by atoms with Gasteiger partial charge in [0.15, 0.2) is 0 Å². The molecule has 1 aromatic rings. The molecular weight excluding hydrogens is 247 g/mol. The van der Waals surface area contributed by atoms with Crippen LogP contribution in [0, 0.1) is 0 Å². The van der Waals surface area contributed by atoms with Crippen LogP contribution in [0.1, 0.15) is 26.2 Å². The van der Waals surface area contributed by atoms with E-state index < -0.39 is 0 Å². The summed E-state index contributed by atoms with van der Waals surface area (Å²) in [6.45, 7) is 2.24. The van der Waals surface area contributed by atoms with Crippen LogP contribution in [0.4, 0.5) is 0 Å². The molecular formula is C6H13N4Sn. The number of rotatable bonds is 3. The zero-order valence-corrected chi connectivity index (χ0v) is 9.60. The molecule has 1 heterocycles. The average Bonchev–Trinajstić information content (AvgIpc) is 2.57. The summed E-state index contributed by atoms with van der Waals surface area (Å²) in [6.07, 6.45) is 5.66. The van der Waals surface area contributed by atoms with Gasteiger partial charge in [-0.1, -0.05) is 0 Å². The monoisotopic (exact) mass is 261 g/mol. The van der Waals surface area contributed by atoms with Gasteiger partial charge in [0, 0.05) is 0 Å². The number of nitrogens with zero attached hydrogens (tertiary/aromatic N) is 3. The molecule has 0 spiro atoms. The first-order valence-corrected chi connectivity index (χ1v) is 5.75. The Labute approximate surface area is 80.2 Å². The minimum Gasteiger partial charge on any atom is -0.246 e. The van der Waals surface area contributed by atoms with Gasteiger partial charge in [0.05, 0.1) is 0 Å². The molecule has 0 atom stereocenters. The SMILES string of the molecule is CCCC[CH2][Sn].c1nnn[nH]1. The van der Waals surface area contributed by atoms with Gasteiger partial charge in [-0.15, -0.1) is 5.10 Å². The molecule has 4 nitrogen and oxygen atoms in total. The maximum atomic E-state index is 3.31. The first-order valence-electron chi connectivity index (χ1n) is 3.73. The quantitative estimate of drug-likeness (QED) is 0.650. The fourth-order valence-electron chi connectivity index (χ4n) is 0.504. The van der Waals surface area contributed by atoms with Crippen molar-refractivity contribution in [1.82, 2.24) is 20.6 Å². The number of aromatic nitrogens is 4. The Morgan fingerprint density at radius 2 is 2.27 bits per heavy atom. The van der Waals surface area contributed by atoms with Gasteiger partial charge in [-0.05, 0) is 10.4 Å². The largest absolute Gasteiger partial charge is 0.246 e. The van der Waals surface area contributed by atoms with Gasteiger partial charge < -0.3 is 0 Å². The van der Waals surface area contributed by atoms with Gasteiger partial charge >= 0.3 is 53.1 Å². The van der Waals surface area contributed by atoms with Crippen molar-refractivity contribution in [3.63, 3.8) is 0 Å². The standard InChI is InChI=1S/C5H11.CH2N4.Sn/c1-3-5-4-2;1-2-4-5-3-1;/h1,3-5H2,2H3;1H,(H,2,3,4,5);. The Morgan fingerprint density at radius 3 is 2.45 bits per heavy atom. The summed E-state index contributed by atoms with van der Waals surface area (Å²) in [6, 6.07) is 0. The van der Waals surface area contributed by atoms with Crippen molar-refractivity contribution in [3.05, 3.63) is 6.33 Å². The summed E-state index contributed by atoms with van der Waals surface area (Å²) in [4.78, 5) is 0. The van der Waals surface area contributed by atoms with E-state index in [0.29, 0.717) is 0 Å². The van der Waals surface area contributed by atoms with Crippen LogP contribution in [0.15, 0.2) is 6.33 Å². The third kappa shape index (κ3) is 9.87. The second-order valence-corrected chi connectivity index (χ2v) is 3.45. The van der Waals surface area contributed by atoms with E-state index in [9.17, 15) is 0 Å². The predicted molar refractivity (Wildman–Crippen MR) is 44.3 cm³/mol. The molecule has 3 radical (unpaired) electrons. The number of aromatic amines is 1. The molecule has 0 aliphatic carbocycles. The Hall–Kier alpha value is -0.131. The minimum atomic E-state index is 1.37. The summed E-state index contributed by atoms with van der Waals surface area (Å²) in [5.74, 6) is 0. The first-order chi connectivity index (χ1) is 5.41. The van der Waals surface area contributed by atoms with Crippen molar-refractivity contribution in [2.45, 2.75) is 30.6 Å². The topological polar surface area (TPSA) is 54.5 Å². The number of unbranched alkanes of at least 4 members (excludes halogenated alkanes) is 2. The molecule has 0 amide bonds. The maximum absolute atomic E-state index is 3.31. The predicted octanol–water partition coefficient (Wildman–Crippen LogP) is 0.963. The van der Waals surface area contributed by atoms with Crippen LogP contribution in [-0.4, -0.2) is 43.1 Å². The molecule has 0 aliphatic rings. The van der Waals surface area contributed by atoms with Crippen LogP contribution in [0.3, 0.4) is 0 Å². The number of nitrogens with one attached hydrogen (secondary N) is 1. The number of tetrazole rings is 1. The summed E-state index contributed by atoms with van der Waals surface area (Å²) in [7, 11) is 0. The normalized spacial score (nSPS) is 8.55. The van der Waals surface area contributed by atoms with Gasteiger partial charge in [-0.3, -0.25) is 0 Å².